The lowest BCUT2D eigenvalue weighted by Gasteiger charge is -2.03. The summed E-state index contributed by atoms with van der Waals surface area (Å²) < 4.78 is 24.3. The third kappa shape index (κ3) is 4.58. The van der Waals surface area contributed by atoms with Crippen LogP contribution in [0.2, 0.25) is 0 Å². The van der Waals surface area contributed by atoms with Crippen molar-refractivity contribution in [1.29, 1.82) is 0 Å². The van der Waals surface area contributed by atoms with Gasteiger partial charge in [0.25, 0.3) is 5.22 Å². The molecule has 28 heavy (non-hydrogen) atoms. The highest BCUT2D eigenvalue weighted by molar-refractivity contribution is 7.98. The van der Waals surface area contributed by atoms with E-state index >= 15 is 0 Å². The highest BCUT2D eigenvalue weighted by Crippen LogP contribution is 2.27. The molecule has 5 nitrogen and oxygen atoms in total. The normalized spacial score (nSPS) is 10.9. The van der Waals surface area contributed by atoms with E-state index in [9.17, 15) is 4.39 Å². The van der Waals surface area contributed by atoms with Gasteiger partial charge in [-0.05, 0) is 42.8 Å². The maximum absolute atomic E-state index is 12.9. The van der Waals surface area contributed by atoms with Crippen molar-refractivity contribution in [3.8, 4) is 17.2 Å². The number of rotatable bonds is 7. The van der Waals surface area contributed by atoms with E-state index < -0.39 is 0 Å². The lowest BCUT2D eigenvalue weighted by Crippen LogP contribution is -1.95. The van der Waals surface area contributed by atoms with E-state index in [1.165, 1.54) is 35.2 Å². The molecule has 2 aromatic heterocycles. The molecule has 0 radical (unpaired) electrons. The fraction of sp³-hybridized carbons (Fsp3) is 0.150. The summed E-state index contributed by atoms with van der Waals surface area (Å²) >= 11 is 2.97. The Morgan fingerprint density at radius 1 is 1.11 bits per heavy atom. The van der Waals surface area contributed by atoms with Crippen LogP contribution in [0, 0.1) is 12.7 Å². The Morgan fingerprint density at radius 3 is 2.75 bits per heavy atom. The largest absolute Gasteiger partial charge is 0.486 e. The van der Waals surface area contributed by atoms with Crippen LogP contribution in [0.1, 0.15) is 16.3 Å². The van der Waals surface area contributed by atoms with Crippen molar-refractivity contribution in [2.24, 2.45) is 0 Å². The molecular formula is C20H16FN3O2S2. The van der Waals surface area contributed by atoms with Crippen LogP contribution in [0.4, 0.5) is 4.39 Å². The van der Waals surface area contributed by atoms with Gasteiger partial charge in [-0.1, -0.05) is 30.0 Å². The quantitative estimate of drug-likeness (QED) is 0.372. The molecule has 0 aliphatic heterocycles. The van der Waals surface area contributed by atoms with Crippen molar-refractivity contribution >= 4 is 23.1 Å². The van der Waals surface area contributed by atoms with Crippen LogP contribution >= 0.6 is 23.1 Å². The molecule has 0 saturated heterocycles. The highest BCUT2D eigenvalue weighted by Gasteiger charge is 2.12. The average Bonchev–Trinajstić information content (AvgIpc) is 3.36. The molecule has 0 spiro atoms. The smallest absolute Gasteiger partial charge is 0.277 e. The van der Waals surface area contributed by atoms with Crippen LogP contribution in [-0.4, -0.2) is 15.2 Å². The van der Waals surface area contributed by atoms with E-state index in [1.54, 1.807) is 12.1 Å². The van der Waals surface area contributed by atoms with Gasteiger partial charge in [0.15, 0.2) is 0 Å². The lowest BCUT2D eigenvalue weighted by atomic mass is 10.1. The zero-order valence-corrected chi connectivity index (χ0v) is 16.6. The Morgan fingerprint density at radius 2 is 1.93 bits per heavy atom. The number of thiazole rings is 1. The summed E-state index contributed by atoms with van der Waals surface area (Å²) in [7, 11) is 0. The predicted octanol–water partition coefficient (Wildman–Crippen LogP) is 5.51. The first-order valence-corrected chi connectivity index (χ1v) is 10.4. The van der Waals surface area contributed by atoms with Crippen LogP contribution in [0.15, 0.2) is 63.6 Å². The zero-order valence-electron chi connectivity index (χ0n) is 15.0. The molecule has 142 valence electrons. The van der Waals surface area contributed by atoms with Gasteiger partial charge in [0.05, 0.1) is 5.69 Å². The first-order chi connectivity index (χ1) is 13.7. The Hall–Kier alpha value is -2.71. The summed E-state index contributed by atoms with van der Waals surface area (Å²) in [5, 5.41) is 11.6. The Kier molecular flexibility index (Phi) is 5.68. The molecule has 2 heterocycles. The number of hydrogen-bond acceptors (Lipinski definition) is 7. The maximum Gasteiger partial charge on any atom is 0.277 e. The van der Waals surface area contributed by atoms with Crippen LogP contribution in [0.5, 0.6) is 5.75 Å². The Bertz CT molecular complexity index is 1060. The zero-order chi connectivity index (χ0) is 19.3. The first-order valence-electron chi connectivity index (χ1n) is 8.51. The molecule has 0 unspecified atom stereocenters. The SMILES string of the molecule is Cc1ccccc1-c1nnc(SCc2csc(COc3ccc(F)cc3)n2)o1. The third-order valence-corrected chi connectivity index (χ3v) is 5.62. The van der Waals surface area contributed by atoms with Crippen LogP contribution in [0.25, 0.3) is 11.5 Å². The van der Waals surface area contributed by atoms with E-state index in [0.29, 0.717) is 29.2 Å². The molecule has 4 aromatic rings. The molecule has 0 N–H and O–H groups in total. The van der Waals surface area contributed by atoms with Crippen molar-refractivity contribution in [1.82, 2.24) is 15.2 Å². The summed E-state index contributed by atoms with van der Waals surface area (Å²) in [6.07, 6.45) is 0. The van der Waals surface area contributed by atoms with Gasteiger partial charge < -0.3 is 9.15 Å². The number of thioether (sulfide) groups is 1. The van der Waals surface area contributed by atoms with Gasteiger partial charge in [-0.3, -0.25) is 0 Å². The number of halogens is 1. The molecule has 0 fully saturated rings. The summed E-state index contributed by atoms with van der Waals surface area (Å²) in [5.41, 5.74) is 2.95. The topological polar surface area (TPSA) is 61.0 Å². The van der Waals surface area contributed by atoms with Crippen molar-refractivity contribution in [2.45, 2.75) is 24.5 Å². The number of ether oxygens (including phenoxy) is 1. The van der Waals surface area contributed by atoms with E-state index in [2.05, 4.69) is 15.2 Å². The summed E-state index contributed by atoms with van der Waals surface area (Å²) in [4.78, 5) is 4.55. The molecule has 0 bridgehead atoms. The van der Waals surface area contributed by atoms with Crippen molar-refractivity contribution in [2.75, 3.05) is 0 Å². The van der Waals surface area contributed by atoms with Crippen molar-refractivity contribution in [3.05, 3.63) is 76.0 Å². The van der Waals surface area contributed by atoms with Crippen LogP contribution in [-0.2, 0) is 12.4 Å². The van der Waals surface area contributed by atoms with Gasteiger partial charge in [0.2, 0.25) is 5.89 Å². The minimum Gasteiger partial charge on any atom is -0.486 e. The predicted molar refractivity (Wildman–Crippen MR) is 107 cm³/mol. The summed E-state index contributed by atoms with van der Waals surface area (Å²) in [5.74, 6) is 1.48. The fourth-order valence-electron chi connectivity index (χ4n) is 2.48. The molecular weight excluding hydrogens is 397 g/mol. The molecule has 0 aliphatic rings. The molecule has 4 rings (SSSR count). The second-order valence-electron chi connectivity index (χ2n) is 5.95. The number of hydrogen-bond donors (Lipinski definition) is 0. The Balaban J connectivity index is 1.32. The van der Waals surface area contributed by atoms with Gasteiger partial charge in [-0.15, -0.1) is 21.5 Å². The standard InChI is InChI=1S/C20H16FN3O2S2/c1-13-4-2-3-5-17(13)19-23-24-20(26-19)28-12-15-11-27-18(22-15)10-25-16-8-6-14(21)7-9-16/h2-9,11H,10,12H2,1H3. The highest BCUT2D eigenvalue weighted by atomic mass is 32.2. The molecule has 2 aromatic carbocycles. The molecule has 0 amide bonds. The lowest BCUT2D eigenvalue weighted by molar-refractivity contribution is 0.305. The monoisotopic (exact) mass is 413 g/mol. The van der Waals surface area contributed by atoms with E-state index in [1.807, 2.05) is 36.6 Å². The van der Waals surface area contributed by atoms with Gasteiger partial charge >= 0.3 is 0 Å². The van der Waals surface area contributed by atoms with Crippen LogP contribution in [0.3, 0.4) is 0 Å². The second kappa shape index (κ2) is 8.53. The maximum atomic E-state index is 12.9. The summed E-state index contributed by atoms with van der Waals surface area (Å²) in [6.45, 7) is 2.36. The minimum atomic E-state index is -0.285. The molecule has 0 aliphatic carbocycles. The third-order valence-electron chi connectivity index (χ3n) is 3.90. The van der Waals surface area contributed by atoms with Gasteiger partial charge in [0.1, 0.15) is 23.2 Å². The molecule has 0 saturated carbocycles. The minimum absolute atomic E-state index is 0.285. The number of aryl methyl sites for hydroxylation is 1. The van der Waals surface area contributed by atoms with Crippen molar-refractivity contribution in [3.63, 3.8) is 0 Å². The second-order valence-corrected chi connectivity index (χ2v) is 7.82. The first kappa shape index (κ1) is 18.6. The molecule has 0 atom stereocenters. The number of aromatic nitrogens is 3. The van der Waals surface area contributed by atoms with Gasteiger partial charge in [0, 0.05) is 16.7 Å². The van der Waals surface area contributed by atoms with Crippen molar-refractivity contribution < 1.29 is 13.5 Å². The molecule has 8 heteroatoms. The van der Waals surface area contributed by atoms with Crippen LogP contribution < -0.4 is 4.74 Å². The Labute approximate surface area is 169 Å². The summed E-state index contributed by atoms with van der Waals surface area (Å²) in [6, 6.07) is 13.8. The van der Waals surface area contributed by atoms with E-state index in [4.69, 9.17) is 9.15 Å². The fourth-order valence-corrected chi connectivity index (χ4v) is 3.95. The van der Waals surface area contributed by atoms with Gasteiger partial charge in [-0.25, -0.2) is 9.37 Å². The van der Waals surface area contributed by atoms with E-state index in [-0.39, 0.29) is 5.82 Å². The number of nitrogens with zero attached hydrogens (tertiary/aromatic N) is 3. The number of benzene rings is 2. The average molecular weight is 413 g/mol. The van der Waals surface area contributed by atoms with E-state index in [0.717, 1.165) is 21.8 Å². The van der Waals surface area contributed by atoms with Gasteiger partial charge in [-0.2, -0.15) is 0 Å².